The number of nitrogens with zero attached hydrogens (tertiary/aromatic N) is 4. The lowest BCUT2D eigenvalue weighted by Crippen LogP contribution is -2.40. The Bertz CT molecular complexity index is 714. The minimum absolute atomic E-state index is 0.0759. The number of hydrogen-bond acceptors (Lipinski definition) is 10. The fraction of sp³-hybridized carbons (Fsp3) is 0.706. The molecule has 0 radical (unpaired) electrons. The molecule has 1 saturated carbocycles. The second-order valence-electron chi connectivity index (χ2n) is 6.89. The number of carbonyl (C=O) groups excluding carboxylic acids is 1. The zero-order chi connectivity index (χ0) is 19.9. The van der Waals surface area contributed by atoms with Crippen LogP contribution in [0.15, 0.2) is 15.7 Å². The van der Waals surface area contributed by atoms with Crippen LogP contribution in [0, 0.1) is 16.7 Å². The van der Waals surface area contributed by atoms with Gasteiger partial charge in [0.1, 0.15) is 10.9 Å². The van der Waals surface area contributed by atoms with Gasteiger partial charge in [-0.05, 0) is 30.9 Å². The van der Waals surface area contributed by atoms with E-state index < -0.39 is 0 Å². The standard InChI is InChI=1S/C17H25N5O3S3/c1-22-16(20-14(23)7-13-9-27-17(19-13)25-2)28-15(21-22)12-5-3-4-11(6-12)8-26-10-18-24/h9,11-12,16H,3-8,10H2,1-2H3,(H,20,23)/t11-,12?,16?/m0/s1. The van der Waals surface area contributed by atoms with Crippen LogP contribution in [0.2, 0.25) is 0 Å². The summed E-state index contributed by atoms with van der Waals surface area (Å²) in [6.45, 7) is 0. The van der Waals surface area contributed by atoms with E-state index >= 15 is 0 Å². The molecule has 0 bridgehead atoms. The molecule has 1 aliphatic heterocycles. The Morgan fingerprint density at radius 2 is 2.36 bits per heavy atom. The summed E-state index contributed by atoms with van der Waals surface area (Å²) in [6.07, 6.45) is 4.83. The number of hydrazone groups is 1. The van der Waals surface area contributed by atoms with Crippen molar-refractivity contribution < 1.29 is 9.53 Å². The Morgan fingerprint density at radius 1 is 1.50 bits per heavy atom. The van der Waals surface area contributed by atoms with Gasteiger partial charge in [-0.25, -0.2) is 4.98 Å². The molecule has 1 fully saturated rings. The molecule has 8 nitrogen and oxygen atoms in total. The van der Waals surface area contributed by atoms with E-state index in [0.29, 0.717) is 28.6 Å². The summed E-state index contributed by atoms with van der Waals surface area (Å²) in [5.74, 6) is 2.27. The van der Waals surface area contributed by atoms with Gasteiger partial charge in [0.2, 0.25) is 5.91 Å². The van der Waals surface area contributed by atoms with Crippen molar-refractivity contribution in [3.63, 3.8) is 0 Å². The third-order valence-electron chi connectivity index (χ3n) is 4.79. The van der Waals surface area contributed by atoms with Gasteiger partial charge < -0.3 is 10.1 Å². The maximum Gasteiger partial charge on any atom is 0.273 e. The Balaban J connectivity index is 1.48. The topological polar surface area (TPSA) is 96.2 Å². The highest BCUT2D eigenvalue weighted by Gasteiger charge is 2.33. The molecule has 1 N–H and O–H groups in total. The third kappa shape index (κ3) is 5.84. The zero-order valence-electron chi connectivity index (χ0n) is 16.0. The van der Waals surface area contributed by atoms with Crippen LogP contribution in [0.4, 0.5) is 0 Å². The number of hydrogen-bond donors (Lipinski definition) is 1. The van der Waals surface area contributed by atoms with E-state index in [0.717, 1.165) is 23.6 Å². The minimum Gasteiger partial charge on any atom is -0.473 e. The largest absolute Gasteiger partial charge is 0.473 e. The van der Waals surface area contributed by atoms with E-state index in [-0.39, 0.29) is 17.8 Å². The molecular formula is C17H25N5O3S3. The van der Waals surface area contributed by atoms with E-state index in [1.54, 1.807) is 30.6 Å². The molecule has 3 rings (SSSR count). The van der Waals surface area contributed by atoms with Crippen LogP contribution >= 0.6 is 34.9 Å². The first-order valence-electron chi connectivity index (χ1n) is 9.21. The molecule has 0 spiro atoms. The quantitative estimate of drug-likeness (QED) is 0.462. The van der Waals surface area contributed by atoms with Crippen molar-refractivity contribution in [2.75, 3.05) is 25.8 Å². The third-order valence-corrected chi connectivity index (χ3v) is 7.94. The minimum atomic E-state index is -0.183. The number of nitrogens with one attached hydrogen (secondary N) is 1. The van der Waals surface area contributed by atoms with Crippen molar-refractivity contribution in [3.8, 4) is 5.19 Å². The predicted octanol–water partition coefficient (Wildman–Crippen LogP) is 3.35. The van der Waals surface area contributed by atoms with Gasteiger partial charge in [-0.3, -0.25) is 9.80 Å². The molecule has 1 aromatic rings. The summed E-state index contributed by atoms with van der Waals surface area (Å²) >= 11 is 4.63. The molecule has 2 unspecified atom stereocenters. The number of ether oxygens (including phenoxy) is 1. The number of thioether (sulfide) groups is 2. The molecule has 2 aliphatic rings. The van der Waals surface area contributed by atoms with E-state index in [1.165, 1.54) is 24.2 Å². The Kier molecular flexibility index (Phi) is 7.98. The summed E-state index contributed by atoms with van der Waals surface area (Å²) in [6, 6.07) is 0. The number of nitroso groups, excluding NO2 is 1. The summed E-state index contributed by atoms with van der Waals surface area (Å²) in [7, 11) is 3.46. The fourth-order valence-electron chi connectivity index (χ4n) is 3.46. The Morgan fingerprint density at radius 3 is 3.11 bits per heavy atom. The highest BCUT2D eigenvalue weighted by molar-refractivity contribution is 8.14. The number of methoxy groups -OCH3 is 1. The van der Waals surface area contributed by atoms with Gasteiger partial charge >= 0.3 is 0 Å². The normalized spacial score (nSPS) is 24.7. The number of thiazole rings is 1. The number of amides is 1. The average Bonchev–Trinajstić information content (AvgIpc) is 3.29. The number of aromatic nitrogens is 1. The smallest absolute Gasteiger partial charge is 0.273 e. The van der Waals surface area contributed by atoms with Gasteiger partial charge in [-0.15, -0.1) is 16.7 Å². The highest BCUT2D eigenvalue weighted by atomic mass is 32.2. The van der Waals surface area contributed by atoms with Gasteiger partial charge in [0.05, 0.1) is 19.2 Å². The van der Waals surface area contributed by atoms with E-state index in [1.807, 2.05) is 17.4 Å². The molecule has 3 atom stereocenters. The number of carbonyl (C=O) groups is 1. The van der Waals surface area contributed by atoms with E-state index in [4.69, 9.17) is 9.84 Å². The lowest BCUT2D eigenvalue weighted by Gasteiger charge is -2.28. The molecule has 0 saturated heterocycles. The van der Waals surface area contributed by atoms with Gasteiger partial charge in [0.15, 0.2) is 5.50 Å². The molecular weight excluding hydrogens is 418 g/mol. The Labute approximate surface area is 177 Å². The van der Waals surface area contributed by atoms with Crippen molar-refractivity contribution in [3.05, 3.63) is 16.0 Å². The van der Waals surface area contributed by atoms with Crippen LogP contribution in [0.1, 0.15) is 31.4 Å². The molecule has 1 aromatic heterocycles. The van der Waals surface area contributed by atoms with Crippen molar-refractivity contribution in [2.24, 2.45) is 22.1 Å². The summed E-state index contributed by atoms with van der Waals surface area (Å²) in [4.78, 5) is 26.9. The monoisotopic (exact) mass is 443 g/mol. The lowest BCUT2D eigenvalue weighted by molar-refractivity contribution is -0.121. The van der Waals surface area contributed by atoms with Gasteiger partial charge in [0.25, 0.3) is 5.19 Å². The van der Waals surface area contributed by atoms with Crippen molar-refractivity contribution in [1.29, 1.82) is 0 Å². The summed E-state index contributed by atoms with van der Waals surface area (Å²) < 4.78 is 5.07. The van der Waals surface area contributed by atoms with E-state index in [9.17, 15) is 9.70 Å². The van der Waals surface area contributed by atoms with Crippen molar-refractivity contribution >= 4 is 45.8 Å². The van der Waals surface area contributed by atoms with Crippen LogP contribution in [0.25, 0.3) is 0 Å². The fourth-order valence-corrected chi connectivity index (χ4v) is 6.12. The summed E-state index contributed by atoms with van der Waals surface area (Å²) in [5, 5.41) is 16.0. The molecule has 1 aliphatic carbocycles. The first kappa shape index (κ1) is 21.4. The maximum absolute atomic E-state index is 12.4. The first-order chi connectivity index (χ1) is 13.6. The van der Waals surface area contributed by atoms with Crippen LogP contribution in [0.5, 0.6) is 5.19 Å². The van der Waals surface area contributed by atoms with Crippen LogP contribution < -0.4 is 10.1 Å². The molecule has 2 heterocycles. The van der Waals surface area contributed by atoms with Crippen LogP contribution in [-0.2, 0) is 11.2 Å². The zero-order valence-corrected chi connectivity index (χ0v) is 18.4. The maximum atomic E-state index is 12.4. The van der Waals surface area contributed by atoms with Gasteiger partial charge in [-0.2, -0.15) is 5.10 Å². The van der Waals surface area contributed by atoms with Crippen molar-refractivity contribution in [1.82, 2.24) is 15.3 Å². The van der Waals surface area contributed by atoms with Gasteiger partial charge in [-0.1, -0.05) is 34.7 Å². The van der Waals surface area contributed by atoms with Crippen LogP contribution in [0.3, 0.4) is 0 Å². The molecule has 11 heteroatoms. The first-order valence-corrected chi connectivity index (χ1v) is 12.1. The highest BCUT2D eigenvalue weighted by Crippen LogP contribution is 2.38. The molecule has 28 heavy (non-hydrogen) atoms. The second-order valence-corrected chi connectivity index (χ2v) is 9.81. The Hall–Kier alpha value is -1.33. The predicted molar refractivity (Wildman–Crippen MR) is 116 cm³/mol. The van der Waals surface area contributed by atoms with Crippen molar-refractivity contribution in [2.45, 2.75) is 37.6 Å². The van der Waals surface area contributed by atoms with Crippen LogP contribution in [-0.4, -0.2) is 52.2 Å². The average molecular weight is 444 g/mol. The second kappa shape index (κ2) is 10.4. The molecule has 154 valence electrons. The van der Waals surface area contributed by atoms with Gasteiger partial charge in [0, 0.05) is 18.3 Å². The van der Waals surface area contributed by atoms with E-state index in [2.05, 4.69) is 15.5 Å². The SMILES string of the molecule is COc1nc(CC(=O)NC2SC(C3CCC[C@H](CSCN=O)C3)=NN2C)cs1. The summed E-state index contributed by atoms with van der Waals surface area (Å²) in [5.41, 5.74) is 0.528. The lowest BCUT2D eigenvalue weighted by atomic mass is 9.83. The molecule has 1 amide bonds. The molecule has 0 aromatic carbocycles. The number of rotatable bonds is 9.